The third-order valence-corrected chi connectivity index (χ3v) is 1.97. The first kappa shape index (κ1) is 10.4. The molecule has 0 aliphatic carbocycles. The smallest absolute Gasteiger partial charge is 0.00414 e. The molecule has 10 heavy (non-hydrogen) atoms. The molecule has 0 saturated heterocycles. The van der Waals surface area contributed by atoms with Crippen LogP contribution in [-0.4, -0.2) is 29.7 Å². The fraction of sp³-hybridized carbons (Fsp3) is 1.00. The third-order valence-electron chi connectivity index (χ3n) is 1.71. The first-order chi connectivity index (χ1) is 4.59. The molecule has 0 saturated carbocycles. The van der Waals surface area contributed by atoms with Gasteiger partial charge < -0.3 is 0 Å². The van der Waals surface area contributed by atoms with E-state index in [1.54, 1.807) is 0 Å². The summed E-state index contributed by atoms with van der Waals surface area (Å²) in [7, 11) is 2.77. The van der Waals surface area contributed by atoms with Gasteiger partial charge in [-0.1, -0.05) is 0 Å². The lowest BCUT2D eigenvalue weighted by molar-refractivity contribution is 0.187. The summed E-state index contributed by atoms with van der Waals surface area (Å²) in [5.41, 5.74) is 0. The van der Waals surface area contributed by atoms with E-state index < -0.39 is 0 Å². The molecule has 1 nitrogen and oxygen atoms in total. The summed E-state index contributed by atoms with van der Waals surface area (Å²) >= 11 is 0. The zero-order chi connectivity index (χ0) is 8.15. The van der Waals surface area contributed by atoms with E-state index in [0.717, 1.165) is 0 Å². The molecule has 2 heteroatoms. The van der Waals surface area contributed by atoms with E-state index in [-0.39, 0.29) is 0 Å². The van der Waals surface area contributed by atoms with Crippen LogP contribution >= 0.6 is 9.24 Å². The van der Waals surface area contributed by atoms with Crippen LogP contribution in [0.25, 0.3) is 0 Å². The highest BCUT2D eigenvalue weighted by Gasteiger charge is 2.10. The molecular formula is C8H20NP. The summed E-state index contributed by atoms with van der Waals surface area (Å²) in [4.78, 5) is 2.49. The highest BCUT2D eigenvalue weighted by molar-refractivity contribution is 7.16. The summed E-state index contributed by atoms with van der Waals surface area (Å²) in [6, 6.07) is 1.36. The summed E-state index contributed by atoms with van der Waals surface area (Å²) < 4.78 is 0. The zero-order valence-corrected chi connectivity index (χ0v) is 8.75. The van der Waals surface area contributed by atoms with Crippen molar-refractivity contribution in [2.75, 3.05) is 12.7 Å². The lowest BCUT2D eigenvalue weighted by Crippen LogP contribution is -2.38. The highest BCUT2D eigenvalue weighted by Crippen LogP contribution is 2.04. The van der Waals surface area contributed by atoms with Crippen molar-refractivity contribution in [2.45, 2.75) is 39.8 Å². The first-order valence-electron chi connectivity index (χ1n) is 4.05. The second-order valence-electron chi connectivity index (χ2n) is 3.21. The first-order valence-corrected chi connectivity index (χ1v) is 4.87. The van der Waals surface area contributed by atoms with Gasteiger partial charge in [-0.25, -0.2) is 0 Å². The van der Waals surface area contributed by atoms with Gasteiger partial charge >= 0.3 is 0 Å². The second kappa shape index (κ2) is 5.09. The van der Waals surface area contributed by atoms with Crippen molar-refractivity contribution in [3.8, 4) is 0 Å². The van der Waals surface area contributed by atoms with Crippen molar-refractivity contribution in [3.05, 3.63) is 0 Å². The van der Waals surface area contributed by atoms with Gasteiger partial charge in [-0.3, -0.25) is 4.90 Å². The van der Waals surface area contributed by atoms with E-state index in [9.17, 15) is 0 Å². The maximum Gasteiger partial charge on any atom is 0.00414 e. The van der Waals surface area contributed by atoms with Crippen LogP contribution in [0.4, 0.5) is 0 Å². The molecule has 0 aliphatic heterocycles. The molecule has 62 valence electrons. The van der Waals surface area contributed by atoms with Gasteiger partial charge in [-0.2, -0.15) is 0 Å². The summed E-state index contributed by atoms with van der Waals surface area (Å²) in [6.07, 6.45) is 1.18. The Kier molecular flexibility index (Phi) is 5.29. The summed E-state index contributed by atoms with van der Waals surface area (Å²) in [5.74, 6) is 0. The van der Waals surface area contributed by atoms with Crippen LogP contribution in [-0.2, 0) is 0 Å². The Morgan fingerprint density at radius 3 is 1.60 bits per heavy atom. The summed E-state index contributed by atoms with van der Waals surface area (Å²) in [5, 5.41) is 0. The van der Waals surface area contributed by atoms with Crippen LogP contribution in [0.1, 0.15) is 27.7 Å². The van der Waals surface area contributed by atoms with Gasteiger partial charge in [-0.15, -0.1) is 9.24 Å². The minimum atomic E-state index is 0.681. The zero-order valence-electron chi connectivity index (χ0n) is 7.59. The Morgan fingerprint density at radius 2 is 1.50 bits per heavy atom. The summed E-state index contributed by atoms with van der Waals surface area (Å²) in [6.45, 7) is 10.2. The predicted molar refractivity (Wildman–Crippen MR) is 51.6 cm³/mol. The maximum atomic E-state index is 2.77. The van der Waals surface area contributed by atoms with Crippen molar-refractivity contribution < 1.29 is 0 Å². The monoisotopic (exact) mass is 161 g/mol. The molecular weight excluding hydrogens is 141 g/mol. The van der Waals surface area contributed by atoms with Crippen molar-refractivity contribution in [2.24, 2.45) is 0 Å². The average molecular weight is 161 g/mol. The quantitative estimate of drug-likeness (QED) is 0.570. The van der Waals surface area contributed by atoms with Gasteiger partial charge in [0.15, 0.2) is 0 Å². The van der Waals surface area contributed by atoms with Gasteiger partial charge in [0.25, 0.3) is 0 Å². The van der Waals surface area contributed by atoms with Gasteiger partial charge in [0.2, 0.25) is 0 Å². The van der Waals surface area contributed by atoms with E-state index in [2.05, 4.69) is 41.8 Å². The lowest BCUT2D eigenvalue weighted by Gasteiger charge is -2.29. The second-order valence-corrected chi connectivity index (χ2v) is 3.79. The normalized spacial score (nSPS) is 12.0. The predicted octanol–water partition coefficient (Wildman–Crippen LogP) is 1.98. The third kappa shape index (κ3) is 3.53. The fourth-order valence-electron chi connectivity index (χ4n) is 1.26. The number of nitrogens with zero attached hydrogens (tertiary/aromatic N) is 1. The van der Waals surface area contributed by atoms with Crippen LogP contribution in [0.15, 0.2) is 0 Å². The van der Waals surface area contributed by atoms with E-state index >= 15 is 0 Å². The molecule has 0 aromatic carbocycles. The average Bonchev–Trinajstić information content (AvgIpc) is 1.81. The minimum Gasteiger partial charge on any atom is -0.298 e. The molecule has 0 heterocycles. The molecule has 0 fully saturated rings. The van der Waals surface area contributed by atoms with Crippen molar-refractivity contribution >= 4 is 9.24 Å². The Hall–Kier alpha value is 0.390. The molecule has 0 rings (SSSR count). The van der Waals surface area contributed by atoms with Crippen molar-refractivity contribution in [1.29, 1.82) is 0 Å². The molecule has 0 bridgehead atoms. The Bertz CT molecular complexity index is 73.3. The van der Waals surface area contributed by atoms with Crippen LogP contribution < -0.4 is 0 Å². The molecule has 0 aliphatic rings. The Morgan fingerprint density at radius 1 is 1.10 bits per heavy atom. The molecule has 0 radical (unpaired) electrons. The van der Waals surface area contributed by atoms with E-state index in [4.69, 9.17) is 0 Å². The fourth-order valence-corrected chi connectivity index (χ4v) is 1.56. The van der Waals surface area contributed by atoms with Gasteiger partial charge in [-0.05, 0) is 33.9 Å². The van der Waals surface area contributed by atoms with Crippen molar-refractivity contribution in [3.63, 3.8) is 0 Å². The molecule has 0 amide bonds. The highest BCUT2D eigenvalue weighted by atomic mass is 31.0. The van der Waals surface area contributed by atoms with Crippen molar-refractivity contribution in [1.82, 2.24) is 4.90 Å². The van der Waals surface area contributed by atoms with Gasteiger partial charge in [0, 0.05) is 18.6 Å². The molecule has 1 unspecified atom stereocenters. The molecule has 0 N–H and O–H groups in total. The number of hydrogen-bond acceptors (Lipinski definition) is 1. The molecule has 0 aromatic rings. The van der Waals surface area contributed by atoms with Gasteiger partial charge in [0.05, 0.1) is 0 Å². The number of hydrogen-bond donors (Lipinski definition) is 0. The number of rotatable bonds is 4. The van der Waals surface area contributed by atoms with E-state index in [1.807, 2.05) is 0 Å². The maximum absolute atomic E-state index is 2.77. The van der Waals surface area contributed by atoms with Gasteiger partial charge in [0.1, 0.15) is 0 Å². The van der Waals surface area contributed by atoms with Crippen LogP contribution in [0.5, 0.6) is 0 Å². The van der Waals surface area contributed by atoms with Crippen LogP contribution in [0, 0.1) is 0 Å². The SMILES string of the molecule is CC(C)N(CCP)C(C)C. The standard InChI is InChI=1S/C8H20NP/c1-7(2)9(5-6-10)8(3)4/h7-8H,5-6,10H2,1-4H3. The Labute approximate surface area is 67.4 Å². The topological polar surface area (TPSA) is 3.24 Å². The Balaban J connectivity index is 3.73. The van der Waals surface area contributed by atoms with Crippen LogP contribution in [0.2, 0.25) is 0 Å². The largest absolute Gasteiger partial charge is 0.298 e. The molecule has 0 aromatic heterocycles. The minimum absolute atomic E-state index is 0.681. The molecule has 1 atom stereocenters. The lowest BCUT2D eigenvalue weighted by atomic mass is 10.2. The van der Waals surface area contributed by atoms with Crippen LogP contribution in [0.3, 0.4) is 0 Å². The van der Waals surface area contributed by atoms with E-state index in [1.165, 1.54) is 12.7 Å². The molecule has 0 spiro atoms. The van der Waals surface area contributed by atoms with E-state index in [0.29, 0.717) is 12.1 Å².